The summed E-state index contributed by atoms with van der Waals surface area (Å²) in [5.74, 6) is 2.53. The zero-order valence-electron chi connectivity index (χ0n) is 4.69. The van der Waals surface area contributed by atoms with E-state index in [-0.39, 0.29) is 0 Å². The van der Waals surface area contributed by atoms with Crippen molar-refractivity contribution in [2.24, 2.45) is 0 Å². The van der Waals surface area contributed by atoms with E-state index in [1.807, 2.05) is 12.1 Å². The predicted octanol–water partition coefficient (Wildman–Crippen LogP) is 2.07. The minimum Gasteiger partial charge on any atom is -0.115 e. The average Bonchev–Trinajstić information content (AvgIpc) is 1.88. The van der Waals surface area contributed by atoms with Crippen LogP contribution in [0.4, 0.5) is 0 Å². The smallest absolute Gasteiger partial charge is 0.0259 e. The molecule has 1 rings (SSSR count). The summed E-state index contributed by atoms with van der Waals surface area (Å²) in [7, 11) is 0. The Labute approximate surface area is 68.4 Å². The summed E-state index contributed by atoms with van der Waals surface area (Å²) in [4.78, 5) is 0. The molecule has 0 aliphatic carbocycles. The second-order valence-corrected chi connectivity index (χ2v) is 2.83. The van der Waals surface area contributed by atoms with E-state index in [4.69, 9.17) is 6.42 Å². The van der Waals surface area contributed by atoms with Crippen LogP contribution in [-0.2, 0) is 0 Å². The Morgan fingerprint density at radius 3 is 2.78 bits per heavy atom. The third-order valence-electron chi connectivity index (χ3n) is 0.920. The van der Waals surface area contributed by atoms with Gasteiger partial charge in [0.15, 0.2) is 0 Å². The first kappa shape index (κ1) is 6.63. The molecule has 9 heavy (non-hydrogen) atoms. The first-order valence-corrected chi connectivity index (χ1v) is 3.54. The van der Waals surface area contributed by atoms with Crippen molar-refractivity contribution in [1.82, 2.24) is 0 Å². The van der Waals surface area contributed by atoms with E-state index in [9.17, 15) is 0 Å². The maximum atomic E-state index is 5.15. The van der Waals surface area contributed by atoms with Gasteiger partial charge >= 0.3 is 0 Å². The minimum absolute atomic E-state index is 0.891. The quantitative estimate of drug-likeness (QED) is 0.470. The van der Waals surface area contributed by atoms with Gasteiger partial charge in [0.05, 0.1) is 0 Å². The number of terminal acetylenes is 1. The molecule has 1 radical (unpaired) electrons. The highest BCUT2D eigenvalue weighted by Gasteiger charge is 1.85. The van der Waals surface area contributed by atoms with E-state index in [2.05, 4.69) is 34.6 Å². The highest BCUT2D eigenvalue weighted by molar-refractivity contribution is 14.1. The summed E-state index contributed by atoms with van der Waals surface area (Å²) >= 11 is 2.20. The van der Waals surface area contributed by atoms with Crippen LogP contribution in [0.3, 0.4) is 0 Å². The lowest BCUT2D eigenvalue weighted by Gasteiger charge is -1.88. The number of hydrogen-bond donors (Lipinski definition) is 0. The molecule has 0 aliphatic heterocycles. The zero-order chi connectivity index (χ0) is 6.69. The summed E-state index contributed by atoms with van der Waals surface area (Å²) in [6.45, 7) is 0. The molecule has 0 amide bonds. The van der Waals surface area contributed by atoms with Crippen LogP contribution < -0.4 is 0 Å². The molecule has 0 bridgehead atoms. The van der Waals surface area contributed by atoms with Crippen molar-refractivity contribution in [2.45, 2.75) is 0 Å². The molecule has 0 spiro atoms. The van der Waals surface area contributed by atoms with Crippen LogP contribution in [0.15, 0.2) is 18.2 Å². The van der Waals surface area contributed by atoms with Gasteiger partial charge in [-0.1, -0.05) is 5.92 Å². The molecule has 0 unspecified atom stereocenters. The maximum Gasteiger partial charge on any atom is 0.0259 e. The summed E-state index contributed by atoms with van der Waals surface area (Å²) in [6, 6.07) is 8.56. The fourth-order valence-corrected chi connectivity index (χ4v) is 1.04. The molecular formula is C8H4I. The number of hydrogen-bond acceptors (Lipinski definition) is 0. The third-order valence-corrected chi connectivity index (χ3v) is 1.54. The normalized spacial score (nSPS) is 8.44. The van der Waals surface area contributed by atoms with Crippen LogP contribution in [0.1, 0.15) is 5.56 Å². The molecule has 0 saturated carbocycles. The number of rotatable bonds is 0. The number of benzene rings is 1. The minimum atomic E-state index is 0.891. The Kier molecular flexibility index (Phi) is 2.12. The van der Waals surface area contributed by atoms with Gasteiger partial charge in [-0.2, -0.15) is 0 Å². The Morgan fingerprint density at radius 2 is 2.33 bits per heavy atom. The molecule has 1 aromatic rings. The fraction of sp³-hybridized carbons (Fsp3) is 0. The summed E-state index contributed by atoms with van der Waals surface area (Å²) in [6.07, 6.45) is 5.15. The standard InChI is InChI=1S/C8H4I/c1-2-7-4-3-5-8(9)6-7/h1,4-6H. The lowest BCUT2D eigenvalue weighted by Crippen LogP contribution is -1.73. The van der Waals surface area contributed by atoms with E-state index < -0.39 is 0 Å². The summed E-state index contributed by atoms with van der Waals surface area (Å²) < 4.78 is 1.13. The molecule has 0 aromatic heterocycles. The van der Waals surface area contributed by atoms with Crippen LogP contribution in [-0.4, -0.2) is 0 Å². The van der Waals surface area contributed by atoms with Gasteiger partial charge in [-0.3, -0.25) is 0 Å². The Hall–Kier alpha value is -0.490. The van der Waals surface area contributed by atoms with E-state index in [0.29, 0.717) is 0 Å². The SMILES string of the molecule is C#Cc1c[c]cc(I)c1. The van der Waals surface area contributed by atoms with Crippen molar-refractivity contribution in [3.8, 4) is 12.3 Å². The maximum absolute atomic E-state index is 5.15. The molecule has 0 aliphatic rings. The lowest BCUT2D eigenvalue weighted by molar-refractivity contribution is 1.59. The molecular weight excluding hydrogens is 223 g/mol. The second-order valence-electron chi connectivity index (χ2n) is 1.58. The van der Waals surface area contributed by atoms with Gasteiger partial charge in [0.1, 0.15) is 0 Å². The molecule has 0 heterocycles. The average molecular weight is 227 g/mol. The van der Waals surface area contributed by atoms with Crippen LogP contribution in [0.2, 0.25) is 0 Å². The molecule has 0 saturated heterocycles. The predicted molar refractivity (Wildman–Crippen MR) is 45.9 cm³/mol. The van der Waals surface area contributed by atoms with Gasteiger partial charge in [0.2, 0.25) is 0 Å². The van der Waals surface area contributed by atoms with Crippen LogP contribution in [0, 0.1) is 22.0 Å². The highest BCUT2D eigenvalue weighted by Crippen LogP contribution is 2.05. The van der Waals surface area contributed by atoms with E-state index >= 15 is 0 Å². The van der Waals surface area contributed by atoms with Crippen LogP contribution >= 0.6 is 22.6 Å². The first-order valence-electron chi connectivity index (χ1n) is 2.46. The van der Waals surface area contributed by atoms with Crippen molar-refractivity contribution in [1.29, 1.82) is 0 Å². The summed E-state index contributed by atoms with van der Waals surface area (Å²) in [5, 5.41) is 0. The van der Waals surface area contributed by atoms with E-state index in [1.54, 1.807) is 6.07 Å². The molecule has 0 nitrogen and oxygen atoms in total. The molecule has 0 atom stereocenters. The van der Waals surface area contributed by atoms with E-state index in [0.717, 1.165) is 9.13 Å². The summed E-state index contributed by atoms with van der Waals surface area (Å²) in [5.41, 5.74) is 0.891. The van der Waals surface area contributed by atoms with Crippen molar-refractivity contribution < 1.29 is 0 Å². The topological polar surface area (TPSA) is 0 Å². The molecule has 1 heteroatoms. The van der Waals surface area contributed by atoms with Crippen molar-refractivity contribution in [2.75, 3.05) is 0 Å². The molecule has 43 valence electrons. The third kappa shape index (κ3) is 1.72. The van der Waals surface area contributed by atoms with Gasteiger partial charge in [-0.25, -0.2) is 0 Å². The van der Waals surface area contributed by atoms with Gasteiger partial charge in [0, 0.05) is 9.13 Å². The van der Waals surface area contributed by atoms with Crippen LogP contribution in [0.5, 0.6) is 0 Å². The largest absolute Gasteiger partial charge is 0.115 e. The van der Waals surface area contributed by atoms with Crippen molar-refractivity contribution in [3.05, 3.63) is 33.4 Å². The second kappa shape index (κ2) is 2.88. The number of halogens is 1. The van der Waals surface area contributed by atoms with Crippen LogP contribution in [0.25, 0.3) is 0 Å². The van der Waals surface area contributed by atoms with Gasteiger partial charge < -0.3 is 0 Å². The van der Waals surface area contributed by atoms with E-state index in [1.165, 1.54) is 0 Å². The first-order chi connectivity index (χ1) is 4.33. The highest BCUT2D eigenvalue weighted by atomic mass is 127. The Balaban J connectivity index is 3.12. The van der Waals surface area contributed by atoms with Gasteiger partial charge in [0.25, 0.3) is 0 Å². The molecule has 0 N–H and O–H groups in total. The Bertz CT molecular complexity index is 245. The lowest BCUT2D eigenvalue weighted by atomic mass is 10.2. The van der Waals surface area contributed by atoms with Crippen molar-refractivity contribution >= 4 is 22.6 Å². The van der Waals surface area contributed by atoms with Crippen molar-refractivity contribution in [3.63, 3.8) is 0 Å². The molecule has 0 fully saturated rings. The molecule has 1 aromatic carbocycles. The Morgan fingerprint density at radius 1 is 1.56 bits per heavy atom. The fourth-order valence-electron chi connectivity index (χ4n) is 0.526. The zero-order valence-corrected chi connectivity index (χ0v) is 6.84. The van der Waals surface area contributed by atoms with Gasteiger partial charge in [-0.05, 0) is 46.9 Å². The van der Waals surface area contributed by atoms with Gasteiger partial charge in [-0.15, -0.1) is 6.42 Å². The monoisotopic (exact) mass is 227 g/mol.